The molecular formula is C35H50FN7O4. The average Bonchev–Trinajstić information content (AvgIpc) is 3.95. The zero-order chi connectivity index (χ0) is 33.4. The van der Waals surface area contributed by atoms with Crippen LogP contribution in [0.1, 0.15) is 74.8 Å². The molecule has 3 amide bonds. The predicted octanol–water partition coefficient (Wildman–Crippen LogP) is 3.03. The SMILES string of the molecule is CCC(=O)N[C@@H](C(O)N1C[C@H]2CN(C)C[C@H]2C1)[C@@H](C)c1ccc(NC(=O)[C@@H](NC(=O)c2ccnn2CC)C(C2CC2)C2CC2)c(F)c1. The van der Waals surface area contributed by atoms with Gasteiger partial charge in [-0.25, -0.2) is 4.39 Å². The molecule has 6 rings (SSSR count). The monoisotopic (exact) mass is 651 g/mol. The molecule has 2 aliphatic carbocycles. The van der Waals surface area contributed by atoms with Gasteiger partial charge in [0.2, 0.25) is 11.8 Å². The second-order valence-corrected chi connectivity index (χ2v) is 14.3. The van der Waals surface area contributed by atoms with Gasteiger partial charge in [0, 0.05) is 51.3 Å². The van der Waals surface area contributed by atoms with Gasteiger partial charge in [-0.1, -0.05) is 19.9 Å². The summed E-state index contributed by atoms with van der Waals surface area (Å²) in [7, 11) is 2.12. The van der Waals surface area contributed by atoms with Gasteiger partial charge in [0.15, 0.2) is 0 Å². The Hall–Kier alpha value is -3.35. The number of anilines is 1. The third-order valence-electron chi connectivity index (χ3n) is 10.9. The minimum Gasteiger partial charge on any atom is -0.376 e. The van der Waals surface area contributed by atoms with Crippen LogP contribution in [0.3, 0.4) is 0 Å². The highest BCUT2D eigenvalue weighted by atomic mass is 19.1. The van der Waals surface area contributed by atoms with E-state index in [9.17, 15) is 19.5 Å². The van der Waals surface area contributed by atoms with Crippen molar-refractivity contribution >= 4 is 23.4 Å². The maximum Gasteiger partial charge on any atom is 0.270 e. The Labute approximate surface area is 276 Å². The normalized spacial score (nSPS) is 24.1. The van der Waals surface area contributed by atoms with Gasteiger partial charge in [0.1, 0.15) is 23.8 Å². The molecule has 0 radical (unpaired) electrons. The zero-order valence-corrected chi connectivity index (χ0v) is 28.0. The fourth-order valence-electron chi connectivity index (χ4n) is 8.01. The Balaban J connectivity index is 1.18. The fourth-order valence-corrected chi connectivity index (χ4v) is 8.01. The van der Waals surface area contributed by atoms with Crippen LogP contribution in [0.15, 0.2) is 30.5 Å². The summed E-state index contributed by atoms with van der Waals surface area (Å²) in [6.07, 6.45) is 4.99. The number of fused-ring (bicyclic) bond motifs is 1. The summed E-state index contributed by atoms with van der Waals surface area (Å²) in [5, 5.41) is 24.5. The molecule has 2 aromatic rings. The van der Waals surface area contributed by atoms with E-state index in [1.807, 2.05) is 18.7 Å². The number of nitrogens with zero attached hydrogens (tertiary/aromatic N) is 4. The van der Waals surface area contributed by atoms with Gasteiger partial charge in [-0.2, -0.15) is 5.10 Å². The molecule has 1 aromatic heterocycles. The molecule has 2 saturated heterocycles. The van der Waals surface area contributed by atoms with Crippen LogP contribution in [0.5, 0.6) is 0 Å². The molecule has 12 heteroatoms. The number of aromatic nitrogens is 2. The summed E-state index contributed by atoms with van der Waals surface area (Å²) >= 11 is 0. The lowest BCUT2D eigenvalue weighted by atomic mass is 9.88. The van der Waals surface area contributed by atoms with Crippen molar-refractivity contribution in [1.82, 2.24) is 30.2 Å². The van der Waals surface area contributed by atoms with Gasteiger partial charge in [-0.3, -0.25) is 24.0 Å². The Bertz CT molecular complexity index is 1430. The number of hydrogen-bond acceptors (Lipinski definition) is 7. The Morgan fingerprint density at radius 3 is 2.23 bits per heavy atom. The second-order valence-electron chi connectivity index (χ2n) is 14.3. The Morgan fingerprint density at radius 1 is 1.00 bits per heavy atom. The summed E-state index contributed by atoms with van der Waals surface area (Å²) in [6, 6.07) is 4.84. The third-order valence-corrected chi connectivity index (χ3v) is 10.9. The number of halogens is 1. The first-order valence-corrected chi connectivity index (χ1v) is 17.4. The maximum atomic E-state index is 15.8. The zero-order valence-electron chi connectivity index (χ0n) is 28.0. The van der Waals surface area contributed by atoms with Crippen LogP contribution in [0.25, 0.3) is 0 Å². The van der Waals surface area contributed by atoms with Crippen LogP contribution in [0.4, 0.5) is 10.1 Å². The van der Waals surface area contributed by atoms with Gasteiger partial charge < -0.3 is 26.0 Å². The van der Waals surface area contributed by atoms with Crippen molar-refractivity contribution in [1.29, 1.82) is 0 Å². The summed E-state index contributed by atoms with van der Waals surface area (Å²) < 4.78 is 17.4. The van der Waals surface area contributed by atoms with E-state index in [0.29, 0.717) is 41.5 Å². The van der Waals surface area contributed by atoms with Crippen LogP contribution >= 0.6 is 0 Å². The molecule has 0 bridgehead atoms. The Kier molecular flexibility index (Phi) is 10.0. The van der Waals surface area contributed by atoms with Crippen molar-refractivity contribution in [3.8, 4) is 0 Å². The molecule has 4 aliphatic rings. The molecule has 4 fully saturated rings. The molecule has 47 heavy (non-hydrogen) atoms. The first-order chi connectivity index (χ1) is 22.6. The number of benzene rings is 1. The van der Waals surface area contributed by atoms with Gasteiger partial charge in [-0.05, 0) is 93.0 Å². The van der Waals surface area contributed by atoms with E-state index in [1.165, 1.54) is 12.1 Å². The lowest BCUT2D eigenvalue weighted by molar-refractivity contribution is -0.124. The molecule has 1 unspecified atom stereocenters. The summed E-state index contributed by atoms with van der Waals surface area (Å²) in [4.78, 5) is 44.1. The minimum atomic E-state index is -0.922. The topological polar surface area (TPSA) is 132 Å². The maximum absolute atomic E-state index is 15.8. The first kappa shape index (κ1) is 33.5. The van der Waals surface area contributed by atoms with Crippen molar-refractivity contribution in [2.45, 2.75) is 83.6 Å². The van der Waals surface area contributed by atoms with E-state index in [2.05, 4.69) is 33.0 Å². The van der Waals surface area contributed by atoms with Crippen molar-refractivity contribution in [3.63, 3.8) is 0 Å². The quantitative estimate of drug-likeness (QED) is 0.247. The van der Waals surface area contributed by atoms with Crippen LogP contribution in [0, 0.1) is 35.4 Å². The number of carbonyl (C=O) groups excluding carboxylic acids is 3. The molecule has 6 atom stereocenters. The molecule has 4 N–H and O–H groups in total. The number of amides is 3. The van der Waals surface area contributed by atoms with E-state index in [-0.39, 0.29) is 29.8 Å². The van der Waals surface area contributed by atoms with Crippen LogP contribution in [-0.2, 0) is 16.1 Å². The third kappa shape index (κ3) is 7.39. The number of aliphatic hydroxyl groups is 1. The van der Waals surface area contributed by atoms with E-state index >= 15 is 4.39 Å². The molecule has 2 saturated carbocycles. The highest BCUT2D eigenvalue weighted by molar-refractivity contribution is 6.00. The summed E-state index contributed by atoms with van der Waals surface area (Å²) in [6.45, 7) is 9.55. The van der Waals surface area contributed by atoms with Crippen molar-refractivity contribution < 1.29 is 23.9 Å². The Morgan fingerprint density at radius 2 is 1.66 bits per heavy atom. The van der Waals surface area contributed by atoms with E-state index in [4.69, 9.17) is 0 Å². The van der Waals surface area contributed by atoms with Crippen molar-refractivity contribution in [3.05, 3.63) is 47.5 Å². The lowest BCUT2D eigenvalue weighted by Gasteiger charge is -2.35. The van der Waals surface area contributed by atoms with Gasteiger partial charge in [0.05, 0.1) is 11.7 Å². The van der Waals surface area contributed by atoms with Crippen molar-refractivity contribution in [2.24, 2.45) is 29.6 Å². The van der Waals surface area contributed by atoms with E-state index in [1.54, 1.807) is 29.9 Å². The average molecular weight is 652 g/mol. The predicted molar refractivity (Wildman–Crippen MR) is 176 cm³/mol. The molecule has 2 aliphatic heterocycles. The van der Waals surface area contributed by atoms with Crippen molar-refractivity contribution in [2.75, 3.05) is 38.5 Å². The number of rotatable bonds is 14. The minimum absolute atomic E-state index is 0.00533. The molecule has 0 spiro atoms. The molecule has 256 valence electrons. The highest BCUT2D eigenvalue weighted by Gasteiger charge is 2.49. The molecule has 11 nitrogen and oxygen atoms in total. The van der Waals surface area contributed by atoms with Crippen LogP contribution in [0.2, 0.25) is 0 Å². The molecule has 3 heterocycles. The standard InChI is InChI=1S/C35H50FN7O4/c1-5-29(44)39-31(35(47)42-18-24-16-41(4)17-25(24)19-42)20(3)23-11-12-27(26(36)15-23)38-34(46)32(30(21-7-8-21)22-9-10-22)40-33(45)28-13-14-37-43(28)6-2/h11-15,20-22,24-25,30-32,35,47H,5-10,16-19H2,1-4H3,(H,38,46)(H,39,44)(H,40,45)/t20-,24-,25+,31+,32-,35?/m0/s1. The molecular weight excluding hydrogens is 601 g/mol. The van der Waals surface area contributed by atoms with Gasteiger partial charge >= 0.3 is 0 Å². The number of aliphatic hydroxyl groups excluding tert-OH is 1. The molecule has 1 aromatic carbocycles. The van der Waals surface area contributed by atoms with Gasteiger partial charge in [-0.15, -0.1) is 0 Å². The largest absolute Gasteiger partial charge is 0.376 e. The number of hydrogen-bond donors (Lipinski definition) is 4. The van der Waals surface area contributed by atoms with Crippen LogP contribution < -0.4 is 16.0 Å². The highest BCUT2D eigenvalue weighted by Crippen LogP contribution is 2.51. The number of nitrogens with one attached hydrogen (secondary N) is 3. The summed E-state index contributed by atoms with van der Waals surface area (Å²) in [5.74, 6) is -0.321. The first-order valence-electron chi connectivity index (χ1n) is 17.4. The lowest BCUT2D eigenvalue weighted by Crippen LogP contribution is -2.54. The van der Waals surface area contributed by atoms with E-state index in [0.717, 1.165) is 51.9 Å². The summed E-state index contributed by atoms with van der Waals surface area (Å²) in [5.41, 5.74) is 1.02. The van der Waals surface area contributed by atoms with Gasteiger partial charge in [0.25, 0.3) is 5.91 Å². The number of aryl methyl sites for hydroxylation is 1. The smallest absolute Gasteiger partial charge is 0.270 e. The van der Waals surface area contributed by atoms with E-state index < -0.39 is 36.0 Å². The number of carbonyl (C=O) groups is 3. The fraction of sp³-hybridized carbons (Fsp3) is 0.657. The number of likely N-dealkylation sites (tertiary alicyclic amines) is 2. The second kappa shape index (κ2) is 14.0. The van der Waals surface area contributed by atoms with Crippen LogP contribution in [-0.4, -0.2) is 93.9 Å².